The summed E-state index contributed by atoms with van der Waals surface area (Å²) in [6.45, 7) is 3.13. The van der Waals surface area contributed by atoms with E-state index >= 15 is 0 Å². The molecule has 1 aromatic rings. The van der Waals surface area contributed by atoms with E-state index in [1.165, 1.54) is 25.8 Å². The lowest BCUT2D eigenvalue weighted by Crippen LogP contribution is -2.34. The van der Waals surface area contributed by atoms with Crippen molar-refractivity contribution in [1.82, 2.24) is 5.32 Å². The Bertz CT molecular complexity index is 494. The Morgan fingerprint density at radius 1 is 1.15 bits per heavy atom. The molecular formula is C15H19F3N2. The van der Waals surface area contributed by atoms with Crippen molar-refractivity contribution in [3.8, 4) is 0 Å². The minimum Gasteiger partial charge on any atom is -0.370 e. The highest BCUT2D eigenvalue weighted by atomic mass is 19.4. The maximum Gasteiger partial charge on any atom is 0.416 e. The summed E-state index contributed by atoms with van der Waals surface area (Å²) in [5.74, 6) is 0. The maximum absolute atomic E-state index is 12.9. The molecule has 0 amide bonds. The van der Waals surface area contributed by atoms with E-state index < -0.39 is 11.7 Å². The first kappa shape index (κ1) is 13.7. The third-order valence-corrected chi connectivity index (χ3v) is 4.13. The van der Waals surface area contributed by atoms with Crippen LogP contribution in [0.25, 0.3) is 0 Å². The lowest BCUT2D eigenvalue weighted by Gasteiger charge is -2.21. The third kappa shape index (κ3) is 2.92. The average Bonchev–Trinajstić information content (AvgIpc) is 3.05. The summed E-state index contributed by atoms with van der Waals surface area (Å²) in [6, 6.07) is 5.71. The Labute approximate surface area is 117 Å². The molecule has 5 heteroatoms. The van der Waals surface area contributed by atoms with E-state index in [4.69, 9.17) is 0 Å². The molecule has 1 atom stereocenters. The first-order valence-electron chi connectivity index (χ1n) is 7.12. The fraction of sp³-hybridized carbons (Fsp3) is 0.600. The van der Waals surface area contributed by atoms with Gasteiger partial charge in [-0.25, -0.2) is 0 Å². The van der Waals surface area contributed by atoms with Gasteiger partial charge >= 0.3 is 6.18 Å². The van der Waals surface area contributed by atoms with E-state index in [2.05, 4.69) is 10.2 Å². The van der Waals surface area contributed by atoms with Gasteiger partial charge in [0.25, 0.3) is 0 Å². The van der Waals surface area contributed by atoms with Crippen LogP contribution in [0.4, 0.5) is 18.9 Å². The van der Waals surface area contributed by atoms with Crippen LogP contribution < -0.4 is 10.2 Å². The summed E-state index contributed by atoms with van der Waals surface area (Å²) in [5.41, 5.74) is 0.449. The van der Waals surface area contributed by atoms with Gasteiger partial charge in [0.15, 0.2) is 0 Å². The first-order valence-corrected chi connectivity index (χ1v) is 7.12. The molecule has 1 aromatic carbocycles. The standard InChI is InChI=1S/C15H19F3N2/c1-10-2-5-13(8-14(10)15(16,17)18)20-7-6-12(9-20)19-11-3-4-11/h2,5,8,11-12,19H,3-4,6-7,9H2,1H3. The normalized spacial score (nSPS) is 23.4. The van der Waals surface area contributed by atoms with E-state index in [-0.39, 0.29) is 5.56 Å². The van der Waals surface area contributed by atoms with Gasteiger partial charge in [-0.1, -0.05) is 6.07 Å². The monoisotopic (exact) mass is 284 g/mol. The molecule has 20 heavy (non-hydrogen) atoms. The van der Waals surface area contributed by atoms with Crippen molar-refractivity contribution in [2.24, 2.45) is 0 Å². The molecule has 1 saturated carbocycles. The summed E-state index contributed by atoms with van der Waals surface area (Å²) in [5, 5.41) is 3.54. The first-order chi connectivity index (χ1) is 9.43. The van der Waals surface area contributed by atoms with Gasteiger partial charge in [-0.2, -0.15) is 13.2 Å². The van der Waals surface area contributed by atoms with Crippen LogP contribution in [0.5, 0.6) is 0 Å². The van der Waals surface area contributed by atoms with Crippen LogP contribution in [0.3, 0.4) is 0 Å². The molecule has 2 nitrogen and oxygen atoms in total. The predicted octanol–water partition coefficient (Wildman–Crippen LogP) is 3.34. The van der Waals surface area contributed by atoms with Gasteiger partial charge in [0.1, 0.15) is 0 Å². The fourth-order valence-electron chi connectivity index (χ4n) is 2.83. The average molecular weight is 284 g/mol. The number of hydrogen-bond donors (Lipinski definition) is 1. The summed E-state index contributed by atoms with van der Waals surface area (Å²) in [6.07, 6.45) is -0.796. The topological polar surface area (TPSA) is 15.3 Å². The van der Waals surface area contributed by atoms with Crippen molar-refractivity contribution in [2.75, 3.05) is 18.0 Å². The number of benzene rings is 1. The van der Waals surface area contributed by atoms with Crippen LogP contribution in [-0.4, -0.2) is 25.2 Å². The minimum atomic E-state index is -4.27. The van der Waals surface area contributed by atoms with Crippen LogP contribution in [0, 0.1) is 6.92 Å². The van der Waals surface area contributed by atoms with Crippen LogP contribution >= 0.6 is 0 Å². The molecular weight excluding hydrogens is 265 g/mol. The van der Waals surface area contributed by atoms with E-state index in [1.807, 2.05) is 0 Å². The van der Waals surface area contributed by atoms with Crippen molar-refractivity contribution >= 4 is 5.69 Å². The lowest BCUT2D eigenvalue weighted by molar-refractivity contribution is -0.138. The molecule has 110 valence electrons. The van der Waals surface area contributed by atoms with E-state index in [9.17, 15) is 13.2 Å². The molecule has 1 saturated heterocycles. The molecule has 2 aliphatic rings. The summed E-state index contributed by atoms with van der Waals surface area (Å²) < 4.78 is 38.8. The van der Waals surface area contributed by atoms with E-state index in [0.717, 1.165) is 19.5 Å². The zero-order chi connectivity index (χ0) is 14.3. The van der Waals surface area contributed by atoms with Crippen molar-refractivity contribution in [3.05, 3.63) is 29.3 Å². The second-order valence-electron chi connectivity index (χ2n) is 5.87. The Kier molecular flexibility index (Phi) is 3.40. The van der Waals surface area contributed by atoms with Crippen molar-refractivity contribution in [2.45, 2.75) is 44.4 Å². The van der Waals surface area contributed by atoms with Crippen molar-refractivity contribution in [1.29, 1.82) is 0 Å². The predicted molar refractivity (Wildman–Crippen MR) is 73.0 cm³/mol. The second-order valence-corrected chi connectivity index (χ2v) is 5.87. The molecule has 0 bridgehead atoms. The highest BCUT2D eigenvalue weighted by Crippen LogP contribution is 2.35. The number of rotatable bonds is 3. The van der Waals surface area contributed by atoms with Gasteiger partial charge in [-0.15, -0.1) is 0 Å². The van der Waals surface area contributed by atoms with Gasteiger partial charge in [-0.3, -0.25) is 0 Å². The molecule has 1 unspecified atom stereocenters. The molecule has 1 heterocycles. The fourth-order valence-corrected chi connectivity index (χ4v) is 2.83. The van der Waals surface area contributed by atoms with Crippen molar-refractivity contribution in [3.63, 3.8) is 0 Å². The smallest absolute Gasteiger partial charge is 0.370 e. The lowest BCUT2D eigenvalue weighted by atomic mass is 10.1. The molecule has 1 aliphatic heterocycles. The van der Waals surface area contributed by atoms with Crippen LogP contribution in [0.15, 0.2) is 18.2 Å². The highest BCUT2D eigenvalue weighted by Gasteiger charge is 2.34. The van der Waals surface area contributed by atoms with Crippen LogP contribution in [-0.2, 0) is 6.18 Å². The second kappa shape index (κ2) is 4.95. The van der Waals surface area contributed by atoms with E-state index in [0.29, 0.717) is 17.8 Å². The SMILES string of the molecule is Cc1ccc(N2CCC(NC3CC3)C2)cc1C(F)(F)F. The van der Waals surface area contributed by atoms with Gasteiger partial charge < -0.3 is 10.2 Å². The minimum absolute atomic E-state index is 0.285. The van der Waals surface area contributed by atoms with Gasteiger partial charge in [0, 0.05) is 30.9 Å². The largest absolute Gasteiger partial charge is 0.416 e. The molecule has 0 aromatic heterocycles. The van der Waals surface area contributed by atoms with Crippen LogP contribution in [0.1, 0.15) is 30.4 Å². The maximum atomic E-state index is 12.9. The molecule has 3 rings (SSSR count). The number of alkyl halides is 3. The highest BCUT2D eigenvalue weighted by molar-refractivity contribution is 5.52. The number of aryl methyl sites for hydroxylation is 1. The summed E-state index contributed by atoms with van der Waals surface area (Å²) >= 11 is 0. The quantitative estimate of drug-likeness (QED) is 0.915. The van der Waals surface area contributed by atoms with Gasteiger partial charge in [0.05, 0.1) is 5.56 Å². The number of anilines is 1. The third-order valence-electron chi connectivity index (χ3n) is 4.13. The summed E-state index contributed by atoms with van der Waals surface area (Å²) in [7, 11) is 0. The Morgan fingerprint density at radius 2 is 1.90 bits per heavy atom. The van der Waals surface area contributed by atoms with E-state index in [1.54, 1.807) is 12.1 Å². The zero-order valence-corrected chi connectivity index (χ0v) is 11.5. The summed E-state index contributed by atoms with van der Waals surface area (Å²) in [4.78, 5) is 2.05. The number of nitrogens with one attached hydrogen (secondary N) is 1. The van der Waals surface area contributed by atoms with Crippen LogP contribution in [0.2, 0.25) is 0 Å². The van der Waals surface area contributed by atoms with Gasteiger partial charge in [-0.05, 0) is 43.9 Å². The molecule has 1 N–H and O–H groups in total. The Hall–Kier alpha value is -1.23. The molecule has 0 radical (unpaired) electrons. The van der Waals surface area contributed by atoms with Crippen molar-refractivity contribution < 1.29 is 13.2 Å². The number of nitrogens with zero attached hydrogens (tertiary/aromatic N) is 1. The molecule has 2 fully saturated rings. The molecule has 1 aliphatic carbocycles. The molecule has 0 spiro atoms. The van der Waals surface area contributed by atoms with Gasteiger partial charge in [0.2, 0.25) is 0 Å². The number of halogens is 3. The Balaban J connectivity index is 1.74. The zero-order valence-electron chi connectivity index (χ0n) is 11.5. The number of hydrogen-bond acceptors (Lipinski definition) is 2. The Morgan fingerprint density at radius 3 is 2.55 bits per heavy atom.